The van der Waals surface area contributed by atoms with E-state index in [9.17, 15) is 18.0 Å². The number of carbonyl (C=O) groups is 2. The smallest absolute Gasteiger partial charge is 0.264 e. The minimum Gasteiger partial charge on any atom is -0.491 e. The van der Waals surface area contributed by atoms with Gasteiger partial charge in [0.05, 0.1) is 22.6 Å². The molecule has 0 spiro atoms. The maximum absolute atomic E-state index is 15.7. The molecule has 2 aliphatic carbocycles. The van der Waals surface area contributed by atoms with Crippen molar-refractivity contribution in [1.82, 2.24) is 14.5 Å². The van der Waals surface area contributed by atoms with E-state index in [1.807, 2.05) is 17.9 Å². The van der Waals surface area contributed by atoms with Crippen molar-refractivity contribution in [2.24, 2.45) is 23.7 Å². The van der Waals surface area contributed by atoms with Gasteiger partial charge in [0, 0.05) is 65.4 Å². The van der Waals surface area contributed by atoms with E-state index in [-0.39, 0.29) is 40.2 Å². The first-order chi connectivity index (χ1) is 25.3. The van der Waals surface area contributed by atoms with Crippen LogP contribution in [0.1, 0.15) is 74.4 Å². The van der Waals surface area contributed by atoms with E-state index in [4.69, 9.17) is 21.1 Å². The molecule has 1 saturated carbocycles. The van der Waals surface area contributed by atoms with Gasteiger partial charge in [-0.15, -0.1) is 0 Å². The normalized spacial score (nSPS) is 30.6. The number of nitrogens with one attached hydrogen (secondary N) is 1. The number of sulfonamides is 1. The summed E-state index contributed by atoms with van der Waals surface area (Å²) in [5, 5.41) is -0.735. The number of carbonyl (C=O) groups excluding carboxylic acids is 2. The number of halogens is 2. The third-order valence-electron chi connectivity index (χ3n) is 13.0. The van der Waals surface area contributed by atoms with Crippen LogP contribution in [0.5, 0.6) is 5.75 Å². The number of ether oxygens (including phenoxy) is 2. The fourth-order valence-corrected chi connectivity index (χ4v) is 10.7. The van der Waals surface area contributed by atoms with Gasteiger partial charge in [0.2, 0.25) is 15.9 Å². The van der Waals surface area contributed by atoms with E-state index >= 15 is 4.39 Å². The number of nitrogens with zero attached hydrogens (tertiary/aromatic N) is 3. The topological polar surface area (TPSA) is 108 Å². The minimum atomic E-state index is -4.03. The summed E-state index contributed by atoms with van der Waals surface area (Å²) < 4.78 is 58.6. The number of benzene rings is 2. The Bertz CT molecular complexity index is 1880. The number of anilines is 1. The SMILES string of the molecule is CO[C@@]1(CN2CCN(C(C)=O)CC2)C2=C[C@@H](C2)[C@H](C)[C@@H](C)S(=O)(=O)NC(=O)c2ccc3c(c2)N(Cc2ccc(Cl)c(F)c2CCCCO3)C[C@@H]2CC[C@H]21. The second-order valence-electron chi connectivity index (χ2n) is 15.8. The molecule has 1 N–H and O–H groups in total. The fourth-order valence-electron chi connectivity index (χ4n) is 9.20. The highest BCUT2D eigenvalue weighted by Gasteiger charge is 2.54. The molecule has 0 aromatic heterocycles. The molecule has 2 amide bonds. The number of rotatable bonds is 3. The second kappa shape index (κ2) is 15.2. The molecule has 2 fully saturated rings. The van der Waals surface area contributed by atoms with Crippen LogP contribution >= 0.6 is 11.6 Å². The molecule has 6 atom stereocenters. The van der Waals surface area contributed by atoms with E-state index in [2.05, 4.69) is 20.6 Å². The van der Waals surface area contributed by atoms with Crippen LogP contribution in [0.15, 0.2) is 42.0 Å². The average molecular weight is 771 g/mol. The lowest BCUT2D eigenvalue weighted by atomic mass is 9.58. The molecular formula is C40H52ClFN4O6S. The predicted molar refractivity (Wildman–Crippen MR) is 203 cm³/mol. The first-order valence-corrected chi connectivity index (χ1v) is 21.0. The molecule has 13 heteroatoms. The molecular weight excluding hydrogens is 719 g/mol. The van der Waals surface area contributed by atoms with Crippen LogP contribution in [-0.4, -0.2) is 93.9 Å². The molecule has 8 rings (SSSR count). The summed E-state index contributed by atoms with van der Waals surface area (Å²) in [6, 6.07) is 8.57. The van der Waals surface area contributed by atoms with Gasteiger partial charge in [-0.2, -0.15) is 0 Å². The Kier molecular flexibility index (Phi) is 10.9. The first-order valence-electron chi connectivity index (χ1n) is 19.1. The van der Waals surface area contributed by atoms with Crippen LogP contribution in [-0.2, 0) is 32.5 Å². The molecule has 53 heavy (non-hydrogen) atoms. The quantitative estimate of drug-likeness (QED) is 0.390. The van der Waals surface area contributed by atoms with Gasteiger partial charge in [0.25, 0.3) is 5.91 Å². The lowest BCUT2D eigenvalue weighted by molar-refractivity contribution is -0.133. The summed E-state index contributed by atoms with van der Waals surface area (Å²) in [4.78, 5) is 32.3. The molecule has 2 aromatic rings. The Morgan fingerprint density at radius 2 is 1.87 bits per heavy atom. The molecule has 2 aromatic carbocycles. The van der Waals surface area contributed by atoms with E-state index < -0.39 is 32.6 Å². The zero-order valence-corrected chi connectivity index (χ0v) is 32.8. The lowest BCUT2D eigenvalue weighted by Gasteiger charge is -2.56. The number of hydrogen-bond donors (Lipinski definition) is 1. The summed E-state index contributed by atoms with van der Waals surface area (Å²) in [6.07, 6.45) is 6.76. The number of methoxy groups -OCH3 is 1. The third-order valence-corrected chi connectivity index (χ3v) is 15.1. The van der Waals surface area contributed by atoms with Crippen molar-refractivity contribution in [3.63, 3.8) is 0 Å². The van der Waals surface area contributed by atoms with Gasteiger partial charge >= 0.3 is 0 Å². The molecule has 4 bridgehead atoms. The molecule has 1 saturated heterocycles. The Labute approximate surface area is 318 Å². The summed E-state index contributed by atoms with van der Waals surface area (Å²) in [5.74, 6) is -0.327. The Balaban J connectivity index is 1.33. The zero-order chi connectivity index (χ0) is 37.7. The van der Waals surface area contributed by atoms with Crippen molar-refractivity contribution in [2.45, 2.75) is 76.7 Å². The molecule has 288 valence electrons. The Morgan fingerprint density at radius 1 is 1.11 bits per heavy atom. The van der Waals surface area contributed by atoms with Crippen LogP contribution in [0.3, 0.4) is 0 Å². The van der Waals surface area contributed by atoms with Crippen molar-refractivity contribution in [2.75, 3.05) is 57.9 Å². The van der Waals surface area contributed by atoms with Crippen molar-refractivity contribution in [3.8, 4) is 5.75 Å². The molecule has 6 aliphatic rings. The largest absolute Gasteiger partial charge is 0.491 e. The van der Waals surface area contributed by atoms with Gasteiger partial charge in [-0.05, 0) is 110 Å². The van der Waals surface area contributed by atoms with Gasteiger partial charge in [0.1, 0.15) is 17.2 Å². The number of allylic oxidation sites excluding steroid dienone is 1. The molecule has 10 nitrogen and oxygen atoms in total. The molecule has 0 unspecified atom stereocenters. The van der Waals surface area contributed by atoms with Crippen LogP contribution < -0.4 is 14.4 Å². The van der Waals surface area contributed by atoms with Gasteiger partial charge in [-0.3, -0.25) is 14.5 Å². The third kappa shape index (κ3) is 7.33. The first kappa shape index (κ1) is 38.1. The van der Waals surface area contributed by atoms with Crippen LogP contribution in [0.25, 0.3) is 0 Å². The highest BCUT2D eigenvalue weighted by atomic mass is 35.5. The van der Waals surface area contributed by atoms with E-state index in [0.29, 0.717) is 82.0 Å². The van der Waals surface area contributed by atoms with Crippen LogP contribution in [0.2, 0.25) is 5.02 Å². The standard InChI is InChI=1S/C40H52ClFN4O6S/c1-25-26(2)53(49,50)43-39(48)28-10-13-37-36(21-28)46(22-29-9-12-35(41)38(42)33(29)7-5-6-18-52-37)23-30-8-11-34(30)40(51-4,32-19-31(25)20-32)24-44-14-16-45(17-15-44)27(3)47/h9-10,12-13,19,21,25-26,30-31,34H,5-8,11,14-18,20,22-24H2,1-4H3,(H,43,48)/t25-,26-,30+,31+,34-,40+/m1/s1. The summed E-state index contributed by atoms with van der Waals surface area (Å²) >= 11 is 6.31. The predicted octanol–water partition coefficient (Wildman–Crippen LogP) is 5.82. The van der Waals surface area contributed by atoms with Gasteiger partial charge in [0.15, 0.2) is 0 Å². The summed E-state index contributed by atoms with van der Waals surface area (Å²) in [7, 11) is -2.24. The van der Waals surface area contributed by atoms with E-state index in [1.165, 1.54) is 5.57 Å². The van der Waals surface area contributed by atoms with Crippen molar-refractivity contribution >= 4 is 39.1 Å². The van der Waals surface area contributed by atoms with Gasteiger partial charge < -0.3 is 19.3 Å². The zero-order valence-electron chi connectivity index (χ0n) is 31.2. The summed E-state index contributed by atoms with van der Waals surface area (Å²) in [6.45, 7) is 10.0. The second-order valence-corrected chi connectivity index (χ2v) is 18.2. The number of fused-ring (bicyclic) bond motifs is 5. The Morgan fingerprint density at radius 3 is 2.55 bits per heavy atom. The van der Waals surface area contributed by atoms with Gasteiger partial charge in [-0.25, -0.2) is 17.5 Å². The maximum Gasteiger partial charge on any atom is 0.264 e. The summed E-state index contributed by atoms with van der Waals surface area (Å²) in [5.41, 5.74) is 2.84. The molecule has 4 heterocycles. The Hall–Kier alpha value is -3.19. The van der Waals surface area contributed by atoms with E-state index in [0.717, 1.165) is 31.5 Å². The minimum absolute atomic E-state index is 0.00873. The average Bonchev–Trinajstić information content (AvgIpc) is 3.13. The monoisotopic (exact) mass is 770 g/mol. The molecule has 0 radical (unpaired) electrons. The number of piperazine rings is 1. The maximum atomic E-state index is 15.7. The number of hydrogen-bond acceptors (Lipinski definition) is 8. The van der Waals surface area contributed by atoms with Crippen molar-refractivity contribution in [1.29, 1.82) is 0 Å². The molecule has 4 aliphatic heterocycles. The highest BCUT2D eigenvalue weighted by molar-refractivity contribution is 7.90. The van der Waals surface area contributed by atoms with Crippen LogP contribution in [0, 0.1) is 29.5 Å². The highest BCUT2D eigenvalue weighted by Crippen LogP contribution is 2.53. The lowest BCUT2D eigenvalue weighted by Crippen LogP contribution is -2.61. The van der Waals surface area contributed by atoms with Crippen molar-refractivity contribution < 1.29 is 31.9 Å². The van der Waals surface area contributed by atoms with Crippen molar-refractivity contribution in [3.05, 3.63) is 69.5 Å². The van der Waals surface area contributed by atoms with Gasteiger partial charge in [-0.1, -0.05) is 30.7 Å². The fraction of sp³-hybridized carbons (Fsp3) is 0.600. The van der Waals surface area contributed by atoms with Crippen LogP contribution in [0.4, 0.5) is 10.1 Å². The number of amides is 2. The van der Waals surface area contributed by atoms with E-state index in [1.54, 1.807) is 45.2 Å².